The fraction of sp³-hybridized carbons (Fsp3) is 0.364. The van der Waals surface area contributed by atoms with E-state index in [1.807, 2.05) is 6.20 Å². The van der Waals surface area contributed by atoms with Crippen molar-refractivity contribution in [2.75, 3.05) is 0 Å². The predicted molar refractivity (Wildman–Crippen MR) is 67.6 cm³/mol. The van der Waals surface area contributed by atoms with Crippen LogP contribution in [0.3, 0.4) is 0 Å². The van der Waals surface area contributed by atoms with E-state index in [0.717, 1.165) is 28.3 Å². The van der Waals surface area contributed by atoms with Gasteiger partial charge in [-0.3, -0.25) is 0 Å². The molecule has 0 saturated heterocycles. The van der Waals surface area contributed by atoms with Crippen LogP contribution in [0.4, 0.5) is 0 Å². The minimum Gasteiger partial charge on any atom is -0.327 e. The van der Waals surface area contributed by atoms with Crippen LogP contribution in [-0.4, -0.2) is 14.8 Å². The third-order valence-electron chi connectivity index (χ3n) is 3.19. The lowest BCUT2D eigenvalue weighted by atomic mass is 9.81. The summed E-state index contributed by atoms with van der Waals surface area (Å²) in [5.41, 5.74) is 0.822. The van der Waals surface area contributed by atoms with Gasteiger partial charge in [0.1, 0.15) is 0 Å². The van der Waals surface area contributed by atoms with Crippen molar-refractivity contribution >= 4 is 38.6 Å². The molecule has 0 N–H and O–H groups in total. The molecule has 0 spiro atoms. The second-order valence-electron chi connectivity index (χ2n) is 4.24. The molecule has 0 unspecified atom stereocenters. The molecule has 0 bridgehead atoms. The van der Waals surface area contributed by atoms with E-state index in [4.69, 9.17) is 16.9 Å². The van der Waals surface area contributed by atoms with Gasteiger partial charge in [-0.15, -0.1) is 10.2 Å². The fourth-order valence-electron chi connectivity index (χ4n) is 2.18. The normalized spacial score (nSPS) is 23.4. The van der Waals surface area contributed by atoms with Crippen molar-refractivity contribution in [1.82, 2.24) is 14.8 Å². The third kappa shape index (κ3) is 1.72. The molecule has 17 heavy (non-hydrogen) atoms. The molecule has 0 radical (unpaired) electrons. The number of hydrogen-bond acceptors (Lipinski definition) is 3. The topological polar surface area (TPSA) is 54.5 Å². The third-order valence-corrected chi connectivity index (χ3v) is 4.00. The highest BCUT2D eigenvalue weighted by Crippen LogP contribution is 2.40. The minimum absolute atomic E-state index is 0.177. The van der Waals surface area contributed by atoms with Gasteiger partial charge >= 0.3 is 0 Å². The summed E-state index contributed by atoms with van der Waals surface area (Å²) in [6.45, 7) is 0. The van der Waals surface area contributed by atoms with Crippen molar-refractivity contribution in [3.63, 3.8) is 0 Å². The van der Waals surface area contributed by atoms with Gasteiger partial charge in [0.05, 0.1) is 12.0 Å². The molecule has 0 atom stereocenters. The first-order valence-electron chi connectivity index (χ1n) is 5.28. The first-order valence-corrected chi connectivity index (χ1v) is 6.45. The van der Waals surface area contributed by atoms with Gasteiger partial charge in [-0.1, -0.05) is 11.6 Å². The molecule has 1 aliphatic rings. The molecule has 2 aromatic rings. The van der Waals surface area contributed by atoms with Gasteiger partial charge in [0.15, 0.2) is 10.8 Å². The number of aromatic nitrogens is 3. The monoisotopic (exact) mass is 310 g/mol. The maximum atomic E-state index is 8.79. The highest BCUT2D eigenvalue weighted by molar-refractivity contribution is 9.10. The zero-order chi connectivity index (χ0) is 12.0. The van der Waals surface area contributed by atoms with Crippen LogP contribution in [0.15, 0.2) is 16.7 Å². The Morgan fingerprint density at radius 3 is 2.94 bits per heavy atom. The fourth-order valence-corrected chi connectivity index (χ4v) is 2.84. The van der Waals surface area contributed by atoms with E-state index >= 15 is 0 Å². The standard InChI is InChI=1S/C11H8BrClN4/c12-9-5-17(7-1-6(2-7)4-14)11-8(9)3-10(13)15-16-11/h3,5-7H,1-2H2. The largest absolute Gasteiger partial charge is 0.327 e. The minimum atomic E-state index is 0.177. The van der Waals surface area contributed by atoms with Gasteiger partial charge < -0.3 is 4.57 Å². The Bertz CT molecular complexity index is 624. The Balaban J connectivity index is 2.04. The summed E-state index contributed by atoms with van der Waals surface area (Å²) < 4.78 is 3.04. The summed E-state index contributed by atoms with van der Waals surface area (Å²) in [4.78, 5) is 0. The average Bonchev–Trinajstić information content (AvgIpc) is 2.55. The summed E-state index contributed by atoms with van der Waals surface area (Å²) in [6.07, 6.45) is 3.77. The maximum Gasteiger partial charge on any atom is 0.164 e. The maximum absolute atomic E-state index is 8.79. The molecule has 1 fully saturated rings. The molecular weight excluding hydrogens is 304 g/mol. The van der Waals surface area contributed by atoms with E-state index in [-0.39, 0.29) is 5.92 Å². The molecule has 3 rings (SSSR count). The van der Waals surface area contributed by atoms with Crippen LogP contribution in [-0.2, 0) is 0 Å². The van der Waals surface area contributed by atoms with E-state index in [2.05, 4.69) is 36.8 Å². The molecule has 0 aliphatic heterocycles. The molecular formula is C11H8BrClN4. The van der Waals surface area contributed by atoms with Gasteiger partial charge in [-0.2, -0.15) is 5.26 Å². The number of fused-ring (bicyclic) bond motifs is 1. The molecule has 0 amide bonds. The zero-order valence-electron chi connectivity index (χ0n) is 8.77. The SMILES string of the molecule is N#CC1CC(n2cc(Br)c3cc(Cl)nnc32)C1. The van der Waals surface area contributed by atoms with Gasteiger partial charge in [0.25, 0.3) is 0 Å². The van der Waals surface area contributed by atoms with Gasteiger partial charge in [-0.25, -0.2) is 0 Å². The lowest BCUT2D eigenvalue weighted by Crippen LogP contribution is -2.25. The quantitative estimate of drug-likeness (QED) is 0.812. The number of hydrogen-bond donors (Lipinski definition) is 0. The Morgan fingerprint density at radius 2 is 2.24 bits per heavy atom. The van der Waals surface area contributed by atoms with Crippen LogP contribution in [0.5, 0.6) is 0 Å². The van der Waals surface area contributed by atoms with Gasteiger partial charge in [0.2, 0.25) is 0 Å². The zero-order valence-corrected chi connectivity index (χ0v) is 11.1. The van der Waals surface area contributed by atoms with Crippen molar-refractivity contribution in [3.05, 3.63) is 21.9 Å². The average molecular weight is 312 g/mol. The van der Waals surface area contributed by atoms with Crippen molar-refractivity contribution < 1.29 is 0 Å². The number of nitrogens with zero attached hydrogens (tertiary/aromatic N) is 4. The van der Waals surface area contributed by atoms with Crippen molar-refractivity contribution in [3.8, 4) is 6.07 Å². The van der Waals surface area contributed by atoms with Crippen molar-refractivity contribution in [2.45, 2.75) is 18.9 Å². The Labute approximate surface area is 111 Å². The van der Waals surface area contributed by atoms with Crippen molar-refractivity contribution in [1.29, 1.82) is 5.26 Å². The van der Waals surface area contributed by atoms with E-state index in [1.54, 1.807) is 6.07 Å². The van der Waals surface area contributed by atoms with E-state index in [0.29, 0.717) is 11.2 Å². The molecule has 6 heteroatoms. The summed E-state index contributed by atoms with van der Waals surface area (Å²) in [5.74, 6) is 0.177. The first-order chi connectivity index (χ1) is 8.19. The lowest BCUT2D eigenvalue weighted by Gasteiger charge is -2.31. The van der Waals surface area contributed by atoms with Crippen LogP contribution in [0.2, 0.25) is 5.15 Å². The molecule has 2 heterocycles. The molecule has 2 aromatic heterocycles. The molecule has 4 nitrogen and oxygen atoms in total. The van der Waals surface area contributed by atoms with Crippen LogP contribution in [0, 0.1) is 17.2 Å². The van der Waals surface area contributed by atoms with Crippen molar-refractivity contribution in [2.24, 2.45) is 5.92 Å². The van der Waals surface area contributed by atoms with Crippen LogP contribution in [0.25, 0.3) is 11.0 Å². The molecule has 1 saturated carbocycles. The first kappa shape index (κ1) is 11.0. The Hall–Kier alpha value is -1.12. The lowest BCUT2D eigenvalue weighted by molar-refractivity contribution is 0.253. The Kier molecular flexibility index (Phi) is 2.57. The molecule has 0 aromatic carbocycles. The van der Waals surface area contributed by atoms with E-state index in [9.17, 15) is 0 Å². The van der Waals surface area contributed by atoms with Crippen LogP contribution >= 0.6 is 27.5 Å². The molecule has 86 valence electrons. The van der Waals surface area contributed by atoms with Crippen LogP contribution < -0.4 is 0 Å². The number of nitriles is 1. The number of rotatable bonds is 1. The van der Waals surface area contributed by atoms with Crippen LogP contribution in [0.1, 0.15) is 18.9 Å². The summed E-state index contributed by atoms with van der Waals surface area (Å²) in [6, 6.07) is 4.43. The second-order valence-corrected chi connectivity index (χ2v) is 5.48. The summed E-state index contributed by atoms with van der Waals surface area (Å²) in [7, 11) is 0. The smallest absolute Gasteiger partial charge is 0.164 e. The summed E-state index contributed by atoms with van der Waals surface area (Å²) in [5, 5.41) is 18.1. The summed E-state index contributed by atoms with van der Waals surface area (Å²) >= 11 is 9.32. The predicted octanol–water partition coefficient (Wildman–Crippen LogP) is 3.32. The highest BCUT2D eigenvalue weighted by Gasteiger charge is 2.31. The van der Waals surface area contributed by atoms with Gasteiger partial charge in [0, 0.05) is 22.1 Å². The van der Waals surface area contributed by atoms with E-state index in [1.165, 1.54) is 0 Å². The Morgan fingerprint density at radius 1 is 1.47 bits per heavy atom. The van der Waals surface area contributed by atoms with E-state index < -0.39 is 0 Å². The molecule has 1 aliphatic carbocycles. The number of halogens is 2. The second kappa shape index (κ2) is 3.97. The highest BCUT2D eigenvalue weighted by atomic mass is 79.9. The van der Waals surface area contributed by atoms with Gasteiger partial charge in [-0.05, 0) is 34.8 Å².